The van der Waals surface area contributed by atoms with Crippen molar-refractivity contribution in [2.75, 3.05) is 19.0 Å². The van der Waals surface area contributed by atoms with Crippen LogP contribution in [0.25, 0.3) is 0 Å². The predicted molar refractivity (Wildman–Crippen MR) is 92.3 cm³/mol. The number of fused-ring (bicyclic) bond motifs is 1. The lowest BCUT2D eigenvalue weighted by molar-refractivity contribution is 0.102. The standard InChI is InChI=1S/C19H20FNO4/c1-4-24-18-9-13-7-11(2)25-17(13)10-15(18)21-19(22)12-5-6-16(23-3)14(20)8-12/h5-6,8-11H,4,7H2,1-3H3,(H,21,22). The Morgan fingerprint density at radius 1 is 1.32 bits per heavy atom. The summed E-state index contributed by atoms with van der Waals surface area (Å²) >= 11 is 0. The first-order valence-electron chi connectivity index (χ1n) is 8.13. The van der Waals surface area contributed by atoms with E-state index in [2.05, 4.69) is 5.32 Å². The Bertz CT molecular complexity index is 806. The van der Waals surface area contributed by atoms with Crippen molar-refractivity contribution in [3.05, 3.63) is 47.3 Å². The summed E-state index contributed by atoms with van der Waals surface area (Å²) in [5.74, 6) is 0.361. The molecule has 0 bridgehead atoms. The Labute approximate surface area is 145 Å². The van der Waals surface area contributed by atoms with Crippen molar-refractivity contribution < 1.29 is 23.4 Å². The van der Waals surface area contributed by atoms with E-state index < -0.39 is 11.7 Å². The van der Waals surface area contributed by atoms with E-state index in [-0.39, 0.29) is 17.4 Å². The number of amides is 1. The van der Waals surface area contributed by atoms with Gasteiger partial charge in [-0.2, -0.15) is 0 Å². The summed E-state index contributed by atoms with van der Waals surface area (Å²) in [5, 5.41) is 2.77. The molecule has 3 rings (SSSR count). The molecule has 1 heterocycles. The maximum absolute atomic E-state index is 13.8. The van der Waals surface area contributed by atoms with Gasteiger partial charge < -0.3 is 19.5 Å². The highest BCUT2D eigenvalue weighted by atomic mass is 19.1. The van der Waals surface area contributed by atoms with E-state index >= 15 is 0 Å². The molecule has 0 aliphatic carbocycles. The molecule has 1 aliphatic heterocycles. The second-order valence-electron chi connectivity index (χ2n) is 5.83. The Balaban J connectivity index is 1.87. The van der Waals surface area contributed by atoms with Gasteiger partial charge in [0.25, 0.3) is 5.91 Å². The predicted octanol–water partition coefficient (Wildman–Crippen LogP) is 3.81. The number of rotatable bonds is 5. The Hall–Kier alpha value is -2.76. The highest BCUT2D eigenvalue weighted by molar-refractivity contribution is 6.05. The van der Waals surface area contributed by atoms with Crippen LogP contribution >= 0.6 is 0 Å². The number of methoxy groups -OCH3 is 1. The number of carbonyl (C=O) groups is 1. The van der Waals surface area contributed by atoms with Crippen molar-refractivity contribution in [1.29, 1.82) is 0 Å². The zero-order valence-corrected chi connectivity index (χ0v) is 14.4. The number of hydrogen-bond acceptors (Lipinski definition) is 4. The summed E-state index contributed by atoms with van der Waals surface area (Å²) in [6.45, 7) is 4.32. The highest BCUT2D eigenvalue weighted by Gasteiger charge is 2.23. The zero-order chi connectivity index (χ0) is 18.0. The van der Waals surface area contributed by atoms with E-state index in [4.69, 9.17) is 14.2 Å². The Morgan fingerprint density at radius 2 is 2.12 bits per heavy atom. The van der Waals surface area contributed by atoms with Crippen LogP contribution in [0.1, 0.15) is 29.8 Å². The van der Waals surface area contributed by atoms with Crippen LogP contribution in [0.3, 0.4) is 0 Å². The van der Waals surface area contributed by atoms with Gasteiger partial charge in [0.15, 0.2) is 11.6 Å². The molecule has 132 valence electrons. The molecule has 0 aromatic heterocycles. The minimum atomic E-state index is -0.591. The van der Waals surface area contributed by atoms with Gasteiger partial charge in [-0.15, -0.1) is 0 Å². The molecular formula is C19H20FNO4. The number of anilines is 1. The van der Waals surface area contributed by atoms with E-state index in [1.807, 2.05) is 19.9 Å². The zero-order valence-electron chi connectivity index (χ0n) is 14.4. The molecule has 1 atom stereocenters. The largest absolute Gasteiger partial charge is 0.494 e. The number of carbonyl (C=O) groups excluding carboxylic acids is 1. The second kappa shape index (κ2) is 7.01. The molecule has 2 aromatic rings. The first-order valence-corrected chi connectivity index (χ1v) is 8.13. The van der Waals surface area contributed by atoms with Crippen molar-refractivity contribution >= 4 is 11.6 Å². The third-order valence-electron chi connectivity index (χ3n) is 3.96. The fraction of sp³-hybridized carbons (Fsp3) is 0.316. The van der Waals surface area contributed by atoms with Crippen LogP contribution in [0.5, 0.6) is 17.2 Å². The average Bonchev–Trinajstić information content (AvgIpc) is 2.94. The first kappa shape index (κ1) is 17.1. The maximum atomic E-state index is 13.8. The van der Waals surface area contributed by atoms with Gasteiger partial charge in [0, 0.05) is 23.6 Å². The van der Waals surface area contributed by atoms with E-state index in [0.29, 0.717) is 18.0 Å². The van der Waals surface area contributed by atoms with Gasteiger partial charge in [0.2, 0.25) is 0 Å². The van der Waals surface area contributed by atoms with Crippen LogP contribution in [-0.2, 0) is 6.42 Å². The molecule has 1 aliphatic rings. The number of nitrogens with one attached hydrogen (secondary N) is 1. The summed E-state index contributed by atoms with van der Waals surface area (Å²) in [6.07, 6.45) is 0.888. The quantitative estimate of drug-likeness (QED) is 0.895. The SMILES string of the molecule is CCOc1cc2c(cc1NC(=O)c1ccc(OC)c(F)c1)OC(C)C2. The molecule has 1 amide bonds. The summed E-state index contributed by atoms with van der Waals surface area (Å²) in [7, 11) is 1.37. The Morgan fingerprint density at radius 3 is 2.80 bits per heavy atom. The molecular weight excluding hydrogens is 325 g/mol. The van der Waals surface area contributed by atoms with Crippen molar-refractivity contribution in [2.45, 2.75) is 26.4 Å². The number of ether oxygens (including phenoxy) is 3. The summed E-state index contributed by atoms with van der Waals surface area (Å²) in [5.41, 5.74) is 1.73. The monoisotopic (exact) mass is 345 g/mol. The van der Waals surface area contributed by atoms with Crippen LogP contribution in [0.4, 0.5) is 10.1 Å². The lowest BCUT2D eigenvalue weighted by Gasteiger charge is -2.14. The molecule has 0 fully saturated rings. The summed E-state index contributed by atoms with van der Waals surface area (Å²) in [4.78, 5) is 12.5. The van der Waals surface area contributed by atoms with Crippen LogP contribution in [0.2, 0.25) is 0 Å². The van der Waals surface area contributed by atoms with Gasteiger partial charge in [-0.1, -0.05) is 0 Å². The van der Waals surface area contributed by atoms with E-state index in [0.717, 1.165) is 23.8 Å². The minimum absolute atomic E-state index is 0.0890. The third kappa shape index (κ3) is 3.52. The van der Waals surface area contributed by atoms with Crippen molar-refractivity contribution in [3.8, 4) is 17.2 Å². The molecule has 2 aromatic carbocycles. The molecule has 1 N–H and O–H groups in total. The number of benzene rings is 2. The van der Waals surface area contributed by atoms with Gasteiger partial charge in [-0.3, -0.25) is 4.79 Å². The van der Waals surface area contributed by atoms with Gasteiger partial charge >= 0.3 is 0 Å². The highest BCUT2D eigenvalue weighted by Crippen LogP contribution is 2.38. The van der Waals surface area contributed by atoms with Crippen LogP contribution < -0.4 is 19.5 Å². The molecule has 0 radical (unpaired) electrons. The lowest BCUT2D eigenvalue weighted by Crippen LogP contribution is -2.13. The number of hydrogen-bond donors (Lipinski definition) is 1. The molecule has 0 saturated carbocycles. The summed E-state index contributed by atoms with van der Waals surface area (Å²) < 4.78 is 30.1. The molecule has 0 saturated heterocycles. The smallest absolute Gasteiger partial charge is 0.255 e. The topological polar surface area (TPSA) is 56.8 Å². The van der Waals surface area contributed by atoms with Gasteiger partial charge in [-0.25, -0.2) is 4.39 Å². The Kier molecular flexibility index (Phi) is 4.79. The maximum Gasteiger partial charge on any atom is 0.255 e. The van der Waals surface area contributed by atoms with Gasteiger partial charge in [0.05, 0.1) is 19.4 Å². The molecule has 5 nitrogen and oxygen atoms in total. The first-order chi connectivity index (χ1) is 12.0. The van der Waals surface area contributed by atoms with E-state index in [1.165, 1.54) is 19.2 Å². The van der Waals surface area contributed by atoms with Crippen molar-refractivity contribution in [1.82, 2.24) is 0 Å². The molecule has 6 heteroatoms. The van der Waals surface area contributed by atoms with E-state index in [1.54, 1.807) is 6.07 Å². The van der Waals surface area contributed by atoms with Crippen LogP contribution in [0, 0.1) is 5.82 Å². The van der Waals surface area contributed by atoms with E-state index in [9.17, 15) is 9.18 Å². The van der Waals surface area contributed by atoms with Crippen LogP contribution in [-0.4, -0.2) is 25.7 Å². The second-order valence-corrected chi connectivity index (χ2v) is 5.83. The fourth-order valence-electron chi connectivity index (χ4n) is 2.81. The fourth-order valence-corrected chi connectivity index (χ4v) is 2.81. The molecule has 25 heavy (non-hydrogen) atoms. The average molecular weight is 345 g/mol. The summed E-state index contributed by atoms with van der Waals surface area (Å²) in [6, 6.07) is 7.69. The number of halogens is 1. The minimum Gasteiger partial charge on any atom is -0.494 e. The van der Waals surface area contributed by atoms with Gasteiger partial charge in [0.1, 0.15) is 17.6 Å². The van der Waals surface area contributed by atoms with Crippen molar-refractivity contribution in [3.63, 3.8) is 0 Å². The normalized spacial score (nSPS) is 15.3. The molecule has 1 unspecified atom stereocenters. The lowest BCUT2D eigenvalue weighted by atomic mass is 10.1. The third-order valence-corrected chi connectivity index (χ3v) is 3.96. The van der Waals surface area contributed by atoms with Gasteiger partial charge in [-0.05, 0) is 38.1 Å². The molecule has 0 spiro atoms. The van der Waals surface area contributed by atoms with Crippen LogP contribution in [0.15, 0.2) is 30.3 Å². The van der Waals surface area contributed by atoms with Crippen molar-refractivity contribution in [2.24, 2.45) is 0 Å².